The standard InChI is InChI=1S/C18H23N3O2/c1-22-15-7-8-16(18(9-15)23-2)17-12-19-10-14(21-17)11-20-13-5-3-4-6-13/h7-10,12-13,20H,3-6,11H2,1-2H3. The molecule has 1 aliphatic carbocycles. The monoisotopic (exact) mass is 313 g/mol. The van der Waals surface area contributed by atoms with E-state index in [2.05, 4.69) is 10.3 Å². The predicted octanol–water partition coefficient (Wildman–Crippen LogP) is 3.19. The second kappa shape index (κ2) is 7.42. The van der Waals surface area contributed by atoms with Crippen LogP contribution in [0.25, 0.3) is 11.3 Å². The van der Waals surface area contributed by atoms with Crippen LogP contribution in [0.15, 0.2) is 30.6 Å². The Hall–Kier alpha value is -2.14. The van der Waals surface area contributed by atoms with E-state index in [0.29, 0.717) is 6.04 Å². The average molecular weight is 313 g/mol. The maximum absolute atomic E-state index is 5.46. The van der Waals surface area contributed by atoms with Gasteiger partial charge < -0.3 is 14.8 Å². The molecule has 0 atom stereocenters. The van der Waals surface area contributed by atoms with Gasteiger partial charge in [-0.15, -0.1) is 0 Å². The van der Waals surface area contributed by atoms with Gasteiger partial charge in [-0.1, -0.05) is 12.8 Å². The van der Waals surface area contributed by atoms with Gasteiger partial charge in [-0.05, 0) is 25.0 Å². The normalized spacial score (nSPS) is 14.9. The van der Waals surface area contributed by atoms with Crippen molar-refractivity contribution in [3.8, 4) is 22.8 Å². The molecule has 2 aromatic rings. The first kappa shape index (κ1) is 15.7. The van der Waals surface area contributed by atoms with Crippen molar-refractivity contribution in [2.75, 3.05) is 14.2 Å². The SMILES string of the molecule is COc1ccc(-c2cncc(CNC3CCCC3)n2)c(OC)c1. The molecule has 1 fully saturated rings. The van der Waals surface area contributed by atoms with E-state index in [1.54, 1.807) is 20.4 Å². The summed E-state index contributed by atoms with van der Waals surface area (Å²) in [6.45, 7) is 0.754. The van der Waals surface area contributed by atoms with Crippen molar-refractivity contribution in [2.24, 2.45) is 0 Å². The number of hydrogen-bond donors (Lipinski definition) is 1. The van der Waals surface area contributed by atoms with Crippen LogP contribution in [0.3, 0.4) is 0 Å². The van der Waals surface area contributed by atoms with Crippen molar-refractivity contribution in [2.45, 2.75) is 38.3 Å². The molecule has 23 heavy (non-hydrogen) atoms. The largest absolute Gasteiger partial charge is 0.497 e. The summed E-state index contributed by atoms with van der Waals surface area (Å²) in [7, 11) is 3.29. The van der Waals surface area contributed by atoms with E-state index in [1.807, 2.05) is 24.4 Å². The Morgan fingerprint density at radius 2 is 1.96 bits per heavy atom. The maximum Gasteiger partial charge on any atom is 0.132 e. The van der Waals surface area contributed by atoms with Crippen molar-refractivity contribution in [1.29, 1.82) is 0 Å². The highest BCUT2D eigenvalue weighted by molar-refractivity contribution is 5.68. The third-order valence-electron chi connectivity index (χ3n) is 4.30. The van der Waals surface area contributed by atoms with Crippen molar-refractivity contribution in [1.82, 2.24) is 15.3 Å². The van der Waals surface area contributed by atoms with Gasteiger partial charge in [0, 0.05) is 30.4 Å². The first-order chi connectivity index (χ1) is 11.3. The zero-order valence-electron chi connectivity index (χ0n) is 13.7. The van der Waals surface area contributed by atoms with Gasteiger partial charge in [0.15, 0.2) is 0 Å². The van der Waals surface area contributed by atoms with Gasteiger partial charge in [0.2, 0.25) is 0 Å². The number of rotatable bonds is 6. The molecule has 1 aromatic heterocycles. The highest BCUT2D eigenvalue weighted by Gasteiger charge is 2.15. The third kappa shape index (κ3) is 3.79. The molecule has 0 unspecified atom stereocenters. The van der Waals surface area contributed by atoms with Crippen LogP contribution in [0.5, 0.6) is 11.5 Å². The highest BCUT2D eigenvalue weighted by atomic mass is 16.5. The number of methoxy groups -OCH3 is 2. The van der Waals surface area contributed by atoms with E-state index >= 15 is 0 Å². The lowest BCUT2D eigenvalue weighted by Crippen LogP contribution is -2.25. The zero-order valence-corrected chi connectivity index (χ0v) is 13.7. The Balaban J connectivity index is 1.78. The summed E-state index contributed by atoms with van der Waals surface area (Å²) in [6.07, 6.45) is 8.77. The summed E-state index contributed by atoms with van der Waals surface area (Å²) in [4.78, 5) is 9.06. The Bertz CT molecular complexity index is 654. The molecule has 1 aliphatic rings. The molecule has 5 nitrogen and oxygen atoms in total. The van der Waals surface area contributed by atoms with Crippen molar-refractivity contribution >= 4 is 0 Å². The Kier molecular flexibility index (Phi) is 5.08. The second-order valence-electron chi connectivity index (χ2n) is 5.82. The predicted molar refractivity (Wildman–Crippen MR) is 89.7 cm³/mol. The number of nitrogens with zero attached hydrogens (tertiary/aromatic N) is 2. The van der Waals surface area contributed by atoms with E-state index in [4.69, 9.17) is 14.5 Å². The summed E-state index contributed by atoms with van der Waals surface area (Å²) in [5.41, 5.74) is 2.69. The van der Waals surface area contributed by atoms with Crippen LogP contribution < -0.4 is 14.8 Å². The van der Waals surface area contributed by atoms with Crippen molar-refractivity contribution in [3.63, 3.8) is 0 Å². The molecular formula is C18H23N3O2. The molecule has 3 rings (SSSR count). The minimum atomic E-state index is 0.621. The fraction of sp³-hybridized carbons (Fsp3) is 0.444. The molecule has 1 heterocycles. The summed E-state index contributed by atoms with van der Waals surface area (Å²) in [5, 5.41) is 3.57. The lowest BCUT2D eigenvalue weighted by molar-refractivity contribution is 0.395. The number of aromatic nitrogens is 2. The zero-order chi connectivity index (χ0) is 16.1. The van der Waals surface area contributed by atoms with Gasteiger partial charge in [0.25, 0.3) is 0 Å². The van der Waals surface area contributed by atoms with Gasteiger partial charge in [0.05, 0.1) is 31.8 Å². The summed E-state index contributed by atoms with van der Waals surface area (Å²) in [6, 6.07) is 6.34. The molecule has 1 saturated carbocycles. The summed E-state index contributed by atoms with van der Waals surface area (Å²) < 4.78 is 10.7. The second-order valence-corrected chi connectivity index (χ2v) is 5.82. The molecule has 0 spiro atoms. The van der Waals surface area contributed by atoms with Crippen molar-refractivity contribution in [3.05, 3.63) is 36.3 Å². The first-order valence-corrected chi connectivity index (χ1v) is 8.07. The molecule has 0 radical (unpaired) electrons. The molecule has 5 heteroatoms. The van der Waals surface area contributed by atoms with Crippen LogP contribution in [0, 0.1) is 0 Å². The van der Waals surface area contributed by atoms with Gasteiger partial charge in [-0.2, -0.15) is 0 Å². The fourth-order valence-corrected chi connectivity index (χ4v) is 3.01. The number of hydrogen-bond acceptors (Lipinski definition) is 5. The van der Waals surface area contributed by atoms with Gasteiger partial charge in [-0.25, -0.2) is 4.98 Å². The summed E-state index contributed by atoms with van der Waals surface area (Å²) >= 11 is 0. The Morgan fingerprint density at radius 3 is 2.70 bits per heavy atom. The van der Waals surface area contributed by atoms with Crippen LogP contribution in [0.2, 0.25) is 0 Å². The molecule has 1 N–H and O–H groups in total. The van der Waals surface area contributed by atoms with Crippen LogP contribution in [0.4, 0.5) is 0 Å². The van der Waals surface area contributed by atoms with Gasteiger partial charge in [0.1, 0.15) is 11.5 Å². The Labute approximate surface area is 137 Å². The molecule has 1 aromatic carbocycles. The number of nitrogens with one attached hydrogen (secondary N) is 1. The first-order valence-electron chi connectivity index (χ1n) is 8.07. The number of ether oxygens (including phenoxy) is 2. The van der Waals surface area contributed by atoms with Crippen LogP contribution >= 0.6 is 0 Å². The molecule has 0 bridgehead atoms. The molecule has 122 valence electrons. The molecule has 0 saturated heterocycles. The highest BCUT2D eigenvalue weighted by Crippen LogP contribution is 2.31. The minimum absolute atomic E-state index is 0.621. The van der Waals surface area contributed by atoms with Crippen LogP contribution in [-0.2, 0) is 6.54 Å². The molecule has 0 aliphatic heterocycles. The fourth-order valence-electron chi connectivity index (χ4n) is 3.01. The van der Waals surface area contributed by atoms with E-state index in [0.717, 1.165) is 35.0 Å². The van der Waals surface area contributed by atoms with E-state index in [1.165, 1.54) is 25.7 Å². The van der Waals surface area contributed by atoms with Gasteiger partial charge in [-0.3, -0.25) is 4.98 Å². The van der Waals surface area contributed by atoms with Crippen LogP contribution in [-0.4, -0.2) is 30.2 Å². The van der Waals surface area contributed by atoms with Gasteiger partial charge >= 0.3 is 0 Å². The lowest BCUT2D eigenvalue weighted by atomic mass is 10.1. The molecule has 0 amide bonds. The Morgan fingerprint density at radius 1 is 1.13 bits per heavy atom. The molecular weight excluding hydrogens is 290 g/mol. The van der Waals surface area contributed by atoms with Crippen molar-refractivity contribution < 1.29 is 9.47 Å². The quantitative estimate of drug-likeness (QED) is 0.887. The van der Waals surface area contributed by atoms with E-state index in [9.17, 15) is 0 Å². The smallest absolute Gasteiger partial charge is 0.132 e. The number of benzene rings is 1. The third-order valence-corrected chi connectivity index (χ3v) is 4.30. The maximum atomic E-state index is 5.46. The average Bonchev–Trinajstić information content (AvgIpc) is 3.13. The lowest BCUT2D eigenvalue weighted by Gasteiger charge is -2.13. The van der Waals surface area contributed by atoms with Crippen LogP contribution in [0.1, 0.15) is 31.4 Å². The summed E-state index contributed by atoms with van der Waals surface area (Å²) in [5.74, 6) is 1.50. The topological polar surface area (TPSA) is 56.3 Å². The van der Waals surface area contributed by atoms with E-state index in [-0.39, 0.29) is 0 Å². The minimum Gasteiger partial charge on any atom is -0.497 e. The van der Waals surface area contributed by atoms with E-state index < -0.39 is 0 Å².